The molecule has 3 aliphatic heterocycles. The van der Waals surface area contributed by atoms with Crippen LogP contribution >= 0.6 is 0 Å². The lowest BCUT2D eigenvalue weighted by molar-refractivity contribution is 0.172. The lowest BCUT2D eigenvalue weighted by Crippen LogP contribution is -2.50. The zero-order valence-electron chi connectivity index (χ0n) is 12.5. The second-order valence-corrected chi connectivity index (χ2v) is 8.78. The molecular weight excluding hydrogens is 290 g/mol. The minimum absolute atomic E-state index is 0.0706. The van der Waals surface area contributed by atoms with Gasteiger partial charge in [0.1, 0.15) is 0 Å². The minimum Gasteiger partial charge on any atom is -0.334 e. The summed E-state index contributed by atoms with van der Waals surface area (Å²) in [6.45, 7) is 4.06. The summed E-state index contributed by atoms with van der Waals surface area (Å²) in [5.41, 5.74) is 0. The number of rotatable bonds is 3. The molecule has 2 atom stereocenters. The molecule has 0 saturated carbocycles. The van der Waals surface area contributed by atoms with Crippen molar-refractivity contribution < 1.29 is 13.2 Å². The molecule has 0 unspecified atom stereocenters. The Morgan fingerprint density at radius 2 is 1.86 bits per heavy atom. The molecule has 3 heterocycles. The third-order valence-corrected chi connectivity index (χ3v) is 6.63. The molecule has 6 nitrogen and oxygen atoms in total. The molecule has 0 bridgehead atoms. The number of likely N-dealkylation sites (tertiary alicyclic amines) is 2. The maximum absolute atomic E-state index is 12.4. The molecule has 3 rings (SSSR count). The van der Waals surface area contributed by atoms with Gasteiger partial charge in [-0.15, -0.1) is 0 Å². The average molecular weight is 315 g/mol. The highest BCUT2D eigenvalue weighted by molar-refractivity contribution is 7.91. The largest absolute Gasteiger partial charge is 0.334 e. The number of sulfone groups is 1. The van der Waals surface area contributed by atoms with Crippen molar-refractivity contribution in [2.75, 3.05) is 37.7 Å². The lowest BCUT2D eigenvalue weighted by Gasteiger charge is -2.29. The van der Waals surface area contributed by atoms with Gasteiger partial charge in [0, 0.05) is 25.2 Å². The summed E-state index contributed by atoms with van der Waals surface area (Å²) in [7, 11) is -2.94. The molecule has 21 heavy (non-hydrogen) atoms. The van der Waals surface area contributed by atoms with Crippen LogP contribution in [0.1, 0.15) is 32.1 Å². The molecule has 0 aliphatic carbocycles. The van der Waals surface area contributed by atoms with Crippen LogP contribution in [0.3, 0.4) is 0 Å². The molecule has 0 aromatic carbocycles. The Labute approximate surface area is 126 Å². The highest BCUT2D eigenvalue weighted by atomic mass is 32.2. The van der Waals surface area contributed by atoms with E-state index in [4.69, 9.17) is 0 Å². The van der Waals surface area contributed by atoms with Crippen LogP contribution in [-0.4, -0.2) is 74.0 Å². The monoisotopic (exact) mass is 315 g/mol. The molecule has 3 aliphatic rings. The van der Waals surface area contributed by atoms with Crippen molar-refractivity contribution >= 4 is 15.9 Å². The van der Waals surface area contributed by atoms with E-state index in [2.05, 4.69) is 10.2 Å². The number of carbonyl (C=O) groups is 1. The van der Waals surface area contributed by atoms with Crippen molar-refractivity contribution in [3.63, 3.8) is 0 Å². The van der Waals surface area contributed by atoms with Gasteiger partial charge in [0.25, 0.3) is 0 Å². The maximum atomic E-state index is 12.4. The predicted octanol–water partition coefficient (Wildman–Crippen LogP) is 0.443. The summed E-state index contributed by atoms with van der Waals surface area (Å²) in [5, 5.41) is 2.92. The second-order valence-electron chi connectivity index (χ2n) is 6.55. The zero-order valence-corrected chi connectivity index (χ0v) is 13.3. The number of nitrogens with zero attached hydrogens (tertiary/aromatic N) is 2. The first-order valence-electron chi connectivity index (χ1n) is 8.03. The fourth-order valence-electron chi connectivity index (χ4n) is 3.72. The summed E-state index contributed by atoms with van der Waals surface area (Å²) in [4.78, 5) is 16.8. The van der Waals surface area contributed by atoms with Crippen LogP contribution in [0.2, 0.25) is 0 Å². The van der Waals surface area contributed by atoms with E-state index in [0.717, 1.165) is 39.0 Å². The van der Waals surface area contributed by atoms with E-state index >= 15 is 0 Å². The van der Waals surface area contributed by atoms with Crippen molar-refractivity contribution in [3.05, 3.63) is 0 Å². The molecule has 0 spiro atoms. The van der Waals surface area contributed by atoms with Crippen molar-refractivity contribution in [3.8, 4) is 0 Å². The van der Waals surface area contributed by atoms with Crippen LogP contribution in [-0.2, 0) is 9.84 Å². The van der Waals surface area contributed by atoms with Gasteiger partial charge in [-0.3, -0.25) is 0 Å². The molecule has 120 valence electrons. The molecule has 7 heteroatoms. The Balaban J connectivity index is 1.53. The third kappa shape index (κ3) is 3.69. The fourth-order valence-corrected chi connectivity index (χ4v) is 5.40. The highest BCUT2D eigenvalue weighted by Gasteiger charge is 2.34. The van der Waals surface area contributed by atoms with E-state index < -0.39 is 9.84 Å². The first-order chi connectivity index (χ1) is 10.0. The van der Waals surface area contributed by atoms with Crippen LogP contribution in [0.4, 0.5) is 4.79 Å². The number of amides is 2. The third-order valence-electron chi connectivity index (χ3n) is 4.87. The van der Waals surface area contributed by atoms with E-state index in [9.17, 15) is 13.2 Å². The Kier molecular flexibility index (Phi) is 4.40. The van der Waals surface area contributed by atoms with Gasteiger partial charge in [-0.05, 0) is 45.2 Å². The van der Waals surface area contributed by atoms with E-state index in [-0.39, 0.29) is 23.6 Å². The van der Waals surface area contributed by atoms with Gasteiger partial charge in [0.15, 0.2) is 9.84 Å². The van der Waals surface area contributed by atoms with E-state index in [0.29, 0.717) is 12.5 Å². The van der Waals surface area contributed by atoms with Crippen molar-refractivity contribution in [2.45, 2.75) is 44.2 Å². The van der Waals surface area contributed by atoms with Crippen LogP contribution in [0.5, 0.6) is 0 Å². The van der Waals surface area contributed by atoms with E-state index in [1.165, 1.54) is 12.8 Å². The summed E-state index contributed by atoms with van der Waals surface area (Å²) >= 11 is 0. The first-order valence-corrected chi connectivity index (χ1v) is 9.85. The van der Waals surface area contributed by atoms with Gasteiger partial charge in [-0.25, -0.2) is 13.2 Å². The Morgan fingerprint density at radius 1 is 1.10 bits per heavy atom. The first kappa shape index (κ1) is 15.1. The van der Waals surface area contributed by atoms with Crippen LogP contribution in [0.25, 0.3) is 0 Å². The summed E-state index contributed by atoms with van der Waals surface area (Å²) in [5.74, 6) is 0.304. The molecule has 1 N–H and O–H groups in total. The minimum atomic E-state index is -2.94. The number of nitrogens with one attached hydrogen (secondary N) is 1. The number of urea groups is 1. The molecule has 3 saturated heterocycles. The van der Waals surface area contributed by atoms with Crippen LogP contribution in [0, 0.1) is 0 Å². The average Bonchev–Trinajstić information content (AvgIpc) is 3.12. The van der Waals surface area contributed by atoms with Crippen molar-refractivity contribution in [1.82, 2.24) is 15.1 Å². The summed E-state index contributed by atoms with van der Waals surface area (Å²) in [6.07, 6.45) is 5.19. The lowest BCUT2D eigenvalue weighted by atomic mass is 10.2. The van der Waals surface area contributed by atoms with Gasteiger partial charge in [-0.1, -0.05) is 0 Å². The number of hydrogen-bond acceptors (Lipinski definition) is 4. The quantitative estimate of drug-likeness (QED) is 0.821. The van der Waals surface area contributed by atoms with Gasteiger partial charge >= 0.3 is 6.03 Å². The smallest absolute Gasteiger partial charge is 0.317 e. The molecule has 0 aromatic rings. The molecule has 3 fully saturated rings. The SMILES string of the molecule is O=C(N[C@H]1CCS(=O)(=O)C1)N1CCC[C@@H]1CN1CCCC1. The van der Waals surface area contributed by atoms with Crippen molar-refractivity contribution in [1.29, 1.82) is 0 Å². The Morgan fingerprint density at radius 3 is 2.52 bits per heavy atom. The van der Waals surface area contributed by atoms with Crippen molar-refractivity contribution in [2.24, 2.45) is 0 Å². The van der Waals surface area contributed by atoms with Gasteiger partial charge in [0.2, 0.25) is 0 Å². The van der Waals surface area contributed by atoms with Gasteiger partial charge < -0.3 is 15.1 Å². The molecular formula is C14H25N3O3S. The van der Waals surface area contributed by atoms with Gasteiger partial charge in [-0.2, -0.15) is 0 Å². The zero-order chi connectivity index (χ0) is 14.9. The summed E-state index contributed by atoms with van der Waals surface area (Å²) in [6, 6.07) is 0.0236. The highest BCUT2D eigenvalue weighted by Crippen LogP contribution is 2.21. The molecule has 0 aromatic heterocycles. The summed E-state index contributed by atoms with van der Waals surface area (Å²) < 4.78 is 22.9. The standard InChI is InChI=1S/C14H25N3O3S/c18-14(15-12-5-9-21(19,20)11-12)17-8-3-4-13(17)10-16-6-1-2-7-16/h12-13H,1-11H2,(H,15,18)/t12-,13+/m0/s1. The fraction of sp³-hybridized carbons (Fsp3) is 0.929. The number of hydrogen-bond donors (Lipinski definition) is 1. The van der Waals surface area contributed by atoms with Crippen LogP contribution in [0.15, 0.2) is 0 Å². The number of carbonyl (C=O) groups excluding carboxylic acids is 1. The Bertz CT molecular complexity index is 488. The second kappa shape index (κ2) is 6.12. The topological polar surface area (TPSA) is 69.7 Å². The predicted molar refractivity (Wildman–Crippen MR) is 81.0 cm³/mol. The van der Waals surface area contributed by atoms with Crippen LogP contribution < -0.4 is 5.32 Å². The molecule has 0 radical (unpaired) electrons. The Hall–Kier alpha value is -0.820. The maximum Gasteiger partial charge on any atom is 0.317 e. The van der Waals surface area contributed by atoms with Gasteiger partial charge in [0.05, 0.1) is 11.5 Å². The normalized spacial score (nSPS) is 32.7. The van der Waals surface area contributed by atoms with E-state index in [1.807, 2.05) is 4.90 Å². The van der Waals surface area contributed by atoms with E-state index in [1.54, 1.807) is 0 Å². The molecule has 2 amide bonds.